The van der Waals surface area contributed by atoms with Gasteiger partial charge < -0.3 is 10.1 Å². The van der Waals surface area contributed by atoms with E-state index in [1.165, 1.54) is 6.08 Å². The first-order valence-corrected chi connectivity index (χ1v) is 7.97. The zero-order chi connectivity index (χ0) is 17.6. The number of nitrogens with zero attached hydrogens (tertiary/aromatic N) is 1. The van der Waals surface area contributed by atoms with Crippen LogP contribution in [0.5, 0.6) is 0 Å². The Morgan fingerprint density at radius 1 is 1.24 bits per heavy atom. The fourth-order valence-corrected chi connectivity index (χ4v) is 3.25. The van der Waals surface area contributed by atoms with E-state index in [9.17, 15) is 9.59 Å². The van der Waals surface area contributed by atoms with Gasteiger partial charge in [0.05, 0.1) is 11.3 Å². The molecule has 2 aromatic rings. The quantitative estimate of drug-likeness (QED) is 0.662. The van der Waals surface area contributed by atoms with Gasteiger partial charge in [0.2, 0.25) is 5.91 Å². The van der Waals surface area contributed by atoms with Crippen molar-refractivity contribution in [1.29, 1.82) is 0 Å². The van der Waals surface area contributed by atoms with E-state index in [-0.39, 0.29) is 11.8 Å². The highest BCUT2D eigenvalue weighted by Gasteiger charge is 2.37. The van der Waals surface area contributed by atoms with Gasteiger partial charge in [-0.1, -0.05) is 30.8 Å². The Kier molecular flexibility index (Phi) is 3.58. The summed E-state index contributed by atoms with van der Waals surface area (Å²) in [6.07, 6.45) is 1.20. The minimum absolute atomic E-state index is 0.303. The van der Waals surface area contributed by atoms with E-state index in [2.05, 4.69) is 11.9 Å². The molecule has 6 heteroatoms. The van der Waals surface area contributed by atoms with E-state index in [1.807, 2.05) is 24.3 Å². The number of amides is 2. The van der Waals surface area contributed by atoms with Crippen LogP contribution >= 0.6 is 11.8 Å². The summed E-state index contributed by atoms with van der Waals surface area (Å²) >= 11 is 6.14. The number of nitrogens with one attached hydrogen (secondary N) is 1. The Morgan fingerprint density at radius 2 is 2.04 bits per heavy atom. The predicted octanol–water partition coefficient (Wildman–Crippen LogP) is 3.71. The number of para-hydroxylation sites is 1. The second-order valence-corrected chi connectivity index (χ2v) is 6.00. The van der Waals surface area contributed by atoms with Crippen molar-refractivity contribution < 1.29 is 14.3 Å². The van der Waals surface area contributed by atoms with Crippen LogP contribution in [-0.2, 0) is 20.9 Å². The highest BCUT2D eigenvalue weighted by atomic mass is 35.5. The molecule has 0 saturated heterocycles. The Hall–Kier alpha value is -3.05. The molecule has 5 nitrogen and oxygen atoms in total. The number of fused-ring (bicyclic) bond motifs is 2. The van der Waals surface area contributed by atoms with Crippen LogP contribution in [0.1, 0.15) is 16.7 Å². The first-order chi connectivity index (χ1) is 12.1. The molecular weight excluding hydrogens is 340 g/mol. The highest BCUT2D eigenvalue weighted by molar-refractivity contribution is 6.51. The lowest BCUT2D eigenvalue weighted by Crippen LogP contribution is -2.14. The number of ether oxygens (including phenoxy) is 1. The Labute approximate surface area is 149 Å². The molecule has 0 aromatic heterocycles. The maximum atomic E-state index is 12.6. The SMILES string of the molecule is C=CC(=O)Nc1ccc2c(c1)/C(=C1\C(=O)N(Cl)c3ccccc31)OC2. The summed E-state index contributed by atoms with van der Waals surface area (Å²) in [6.45, 7) is 3.80. The zero-order valence-corrected chi connectivity index (χ0v) is 13.8. The number of benzene rings is 2. The normalized spacial score (nSPS) is 17.8. The first-order valence-electron chi connectivity index (χ1n) is 7.63. The van der Waals surface area contributed by atoms with E-state index in [4.69, 9.17) is 16.5 Å². The molecule has 2 amide bonds. The van der Waals surface area contributed by atoms with Crippen LogP contribution in [0, 0.1) is 0 Å². The third-order valence-corrected chi connectivity index (χ3v) is 4.52. The number of rotatable bonds is 2. The molecule has 0 bridgehead atoms. The number of hydrogen-bond donors (Lipinski definition) is 1. The third kappa shape index (κ3) is 2.40. The van der Waals surface area contributed by atoms with Crippen LogP contribution in [-0.4, -0.2) is 11.8 Å². The van der Waals surface area contributed by atoms with Crippen LogP contribution in [0.25, 0.3) is 11.3 Å². The fraction of sp³-hybridized carbons (Fsp3) is 0.0526. The predicted molar refractivity (Wildman–Crippen MR) is 96.7 cm³/mol. The number of anilines is 2. The lowest BCUT2D eigenvalue weighted by Gasteiger charge is -2.07. The van der Waals surface area contributed by atoms with Crippen molar-refractivity contribution >= 4 is 46.3 Å². The van der Waals surface area contributed by atoms with Crippen LogP contribution < -0.4 is 9.74 Å². The maximum Gasteiger partial charge on any atom is 0.277 e. The van der Waals surface area contributed by atoms with Crippen molar-refractivity contribution in [2.24, 2.45) is 0 Å². The van der Waals surface area contributed by atoms with E-state index < -0.39 is 0 Å². The summed E-state index contributed by atoms with van der Waals surface area (Å²) in [6, 6.07) is 12.7. The van der Waals surface area contributed by atoms with Gasteiger partial charge in [-0.15, -0.1) is 0 Å². The molecule has 2 aliphatic rings. The number of halogens is 1. The van der Waals surface area contributed by atoms with E-state index >= 15 is 0 Å². The minimum Gasteiger partial charge on any atom is -0.487 e. The van der Waals surface area contributed by atoms with Gasteiger partial charge in [-0.3, -0.25) is 9.59 Å². The van der Waals surface area contributed by atoms with Gasteiger partial charge in [-0.05, 0) is 24.3 Å². The Bertz CT molecular complexity index is 965. The fourth-order valence-electron chi connectivity index (χ4n) is 3.02. The van der Waals surface area contributed by atoms with Crippen molar-refractivity contribution in [3.63, 3.8) is 0 Å². The number of carbonyl (C=O) groups is 2. The molecule has 0 radical (unpaired) electrons. The average molecular weight is 353 g/mol. The Morgan fingerprint density at radius 3 is 2.84 bits per heavy atom. The van der Waals surface area contributed by atoms with Gasteiger partial charge >= 0.3 is 0 Å². The molecule has 1 N–H and O–H groups in total. The molecule has 2 aromatic carbocycles. The molecule has 0 aliphatic carbocycles. The molecule has 0 unspecified atom stereocenters. The van der Waals surface area contributed by atoms with E-state index in [0.717, 1.165) is 21.1 Å². The van der Waals surface area contributed by atoms with Gasteiger partial charge in [-0.2, -0.15) is 0 Å². The largest absolute Gasteiger partial charge is 0.487 e. The molecule has 0 spiro atoms. The van der Waals surface area contributed by atoms with Crippen molar-refractivity contribution in [2.75, 3.05) is 9.74 Å². The van der Waals surface area contributed by atoms with Gasteiger partial charge in [0, 0.05) is 34.2 Å². The van der Waals surface area contributed by atoms with E-state index in [1.54, 1.807) is 18.2 Å². The first kappa shape index (κ1) is 15.5. The molecule has 2 heterocycles. The van der Waals surface area contributed by atoms with Gasteiger partial charge in [-0.25, -0.2) is 4.42 Å². The van der Waals surface area contributed by atoms with Crippen LogP contribution in [0.15, 0.2) is 55.1 Å². The zero-order valence-electron chi connectivity index (χ0n) is 13.1. The molecule has 0 fully saturated rings. The topological polar surface area (TPSA) is 58.6 Å². The summed E-state index contributed by atoms with van der Waals surface area (Å²) in [4.78, 5) is 24.2. The molecule has 124 valence electrons. The molecule has 25 heavy (non-hydrogen) atoms. The van der Waals surface area contributed by atoms with Crippen molar-refractivity contribution in [3.05, 3.63) is 71.8 Å². The Balaban J connectivity index is 1.86. The lowest BCUT2D eigenvalue weighted by atomic mass is 10.00. The summed E-state index contributed by atoms with van der Waals surface area (Å²) in [5, 5.41) is 2.72. The molecule has 4 rings (SSSR count). The van der Waals surface area contributed by atoms with Gasteiger partial charge in [0.15, 0.2) is 0 Å². The molecule has 2 aliphatic heterocycles. The summed E-state index contributed by atoms with van der Waals surface area (Å²) in [5.41, 5.74) is 4.10. The van der Waals surface area contributed by atoms with E-state index in [0.29, 0.717) is 29.3 Å². The molecule has 0 saturated carbocycles. The monoisotopic (exact) mass is 352 g/mol. The van der Waals surface area contributed by atoms with Crippen molar-refractivity contribution in [3.8, 4) is 0 Å². The van der Waals surface area contributed by atoms with Crippen LogP contribution in [0.2, 0.25) is 0 Å². The maximum absolute atomic E-state index is 12.6. The second-order valence-electron chi connectivity index (χ2n) is 5.66. The smallest absolute Gasteiger partial charge is 0.277 e. The second kappa shape index (κ2) is 5.79. The van der Waals surface area contributed by atoms with Gasteiger partial charge in [0.25, 0.3) is 5.91 Å². The summed E-state index contributed by atoms with van der Waals surface area (Å²) in [5.74, 6) is -0.154. The molecule has 0 atom stereocenters. The van der Waals surface area contributed by atoms with Gasteiger partial charge in [0.1, 0.15) is 12.4 Å². The van der Waals surface area contributed by atoms with Crippen LogP contribution in [0.4, 0.5) is 11.4 Å². The number of carbonyl (C=O) groups excluding carboxylic acids is 2. The number of hydrogen-bond acceptors (Lipinski definition) is 3. The van der Waals surface area contributed by atoms with Crippen LogP contribution in [0.3, 0.4) is 0 Å². The average Bonchev–Trinajstić information content (AvgIpc) is 3.14. The third-order valence-electron chi connectivity index (χ3n) is 4.18. The highest BCUT2D eigenvalue weighted by Crippen LogP contribution is 2.45. The standard InChI is InChI=1S/C19H13ClN2O3/c1-2-16(23)21-12-8-7-11-10-25-18(14(11)9-12)17-13-5-3-4-6-15(13)22(20)19(17)24/h2-9H,1,10H2,(H,21,23)/b18-17+. The summed E-state index contributed by atoms with van der Waals surface area (Å²) in [7, 11) is 0. The summed E-state index contributed by atoms with van der Waals surface area (Å²) < 4.78 is 6.91. The van der Waals surface area contributed by atoms with Crippen molar-refractivity contribution in [2.45, 2.75) is 6.61 Å². The lowest BCUT2D eigenvalue weighted by molar-refractivity contribution is -0.112. The van der Waals surface area contributed by atoms with Crippen molar-refractivity contribution in [1.82, 2.24) is 0 Å². The molecular formula is C19H13ClN2O3. The minimum atomic E-state index is -0.328.